The molecule has 6 nitrogen and oxygen atoms in total. The number of carbonyl (C=O) groups is 2. The van der Waals surface area contributed by atoms with Crippen LogP contribution in [-0.4, -0.2) is 29.7 Å². The van der Waals surface area contributed by atoms with Crippen LogP contribution < -0.4 is 0 Å². The molecule has 1 atom stereocenters. The predicted molar refractivity (Wildman–Crippen MR) is 115 cm³/mol. The van der Waals surface area contributed by atoms with Gasteiger partial charge in [-0.3, -0.25) is 9.59 Å². The maximum Gasteiger partial charge on any atom is 0.317 e. The maximum absolute atomic E-state index is 13.4. The van der Waals surface area contributed by atoms with Crippen molar-refractivity contribution < 1.29 is 22.7 Å². The first kappa shape index (κ1) is 20.0. The second-order valence-electron chi connectivity index (χ2n) is 8.61. The zero-order valence-corrected chi connectivity index (χ0v) is 18.0. The topological polar surface area (TPSA) is 82.4 Å². The number of fused-ring (bicyclic) bond motifs is 1. The van der Waals surface area contributed by atoms with Crippen LogP contribution in [0.15, 0.2) is 59.6 Å². The smallest absolute Gasteiger partial charge is 0.317 e. The van der Waals surface area contributed by atoms with Crippen LogP contribution in [0.2, 0.25) is 0 Å². The molecule has 1 aromatic heterocycles. The summed E-state index contributed by atoms with van der Waals surface area (Å²) in [6.07, 6.45) is 5.27. The standard InChI is InChI=1S/C24H23NO5S/c1-16-8-10-17(11-9-16)31(28,29)25-15-20(18-6-2-3-7-21(18)25)22(26)19-14-24(30-23(19)27)12-4-5-13-24/h2-3,6-11,15,19H,4-5,12-14H2,1H3/t19-/m0/s1. The molecule has 31 heavy (non-hydrogen) atoms. The fourth-order valence-corrected chi connectivity index (χ4v) is 6.23. The lowest BCUT2D eigenvalue weighted by molar-refractivity contribution is -0.149. The predicted octanol–water partition coefficient (Wildman–Crippen LogP) is 4.25. The monoisotopic (exact) mass is 437 g/mol. The first-order valence-corrected chi connectivity index (χ1v) is 11.9. The molecule has 1 saturated heterocycles. The van der Waals surface area contributed by atoms with Gasteiger partial charge in [0.25, 0.3) is 10.0 Å². The number of hydrogen-bond donors (Lipinski definition) is 0. The highest BCUT2D eigenvalue weighted by atomic mass is 32.2. The first-order chi connectivity index (χ1) is 14.8. The van der Waals surface area contributed by atoms with Crippen molar-refractivity contribution in [3.8, 4) is 0 Å². The SMILES string of the molecule is Cc1ccc(S(=O)(=O)n2cc(C(=O)[C@@H]3CC4(CCCC4)OC3=O)c3ccccc32)cc1. The van der Waals surface area contributed by atoms with E-state index in [2.05, 4.69) is 0 Å². The quantitative estimate of drug-likeness (QED) is 0.346. The molecule has 0 radical (unpaired) electrons. The number of aryl methyl sites for hydroxylation is 1. The first-order valence-electron chi connectivity index (χ1n) is 10.5. The molecule has 0 amide bonds. The summed E-state index contributed by atoms with van der Waals surface area (Å²) in [5.74, 6) is -1.76. The Morgan fingerprint density at radius 1 is 1.06 bits per heavy atom. The minimum Gasteiger partial charge on any atom is -0.458 e. The number of nitrogens with zero attached hydrogens (tertiary/aromatic N) is 1. The zero-order valence-electron chi connectivity index (χ0n) is 17.2. The summed E-state index contributed by atoms with van der Waals surface area (Å²) in [4.78, 5) is 26.1. The van der Waals surface area contributed by atoms with Gasteiger partial charge in [0, 0.05) is 23.6 Å². The highest BCUT2D eigenvalue weighted by molar-refractivity contribution is 7.90. The van der Waals surface area contributed by atoms with E-state index >= 15 is 0 Å². The van der Waals surface area contributed by atoms with Gasteiger partial charge in [-0.05, 0) is 50.8 Å². The molecule has 2 aliphatic rings. The number of para-hydroxylation sites is 1. The zero-order chi connectivity index (χ0) is 21.8. The Labute approximate surface area is 180 Å². The van der Waals surface area contributed by atoms with Crippen molar-refractivity contribution in [2.75, 3.05) is 0 Å². The van der Waals surface area contributed by atoms with Crippen LogP contribution in [0, 0.1) is 12.8 Å². The van der Waals surface area contributed by atoms with Gasteiger partial charge in [-0.15, -0.1) is 0 Å². The second-order valence-corrected chi connectivity index (χ2v) is 10.4. The average molecular weight is 438 g/mol. The van der Waals surface area contributed by atoms with E-state index in [-0.39, 0.29) is 16.2 Å². The van der Waals surface area contributed by atoms with Crippen LogP contribution in [0.4, 0.5) is 0 Å². The molecule has 1 aliphatic heterocycles. The summed E-state index contributed by atoms with van der Waals surface area (Å²) in [5, 5.41) is 0.517. The lowest BCUT2D eigenvalue weighted by Gasteiger charge is -2.20. The number of aromatic nitrogens is 1. The van der Waals surface area contributed by atoms with Crippen molar-refractivity contribution in [1.82, 2.24) is 3.97 Å². The summed E-state index contributed by atoms with van der Waals surface area (Å²) < 4.78 is 33.5. The van der Waals surface area contributed by atoms with Crippen LogP contribution in [0.3, 0.4) is 0 Å². The van der Waals surface area contributed by atoms with Crippen LogP contribution in [-0.2, 0) is 19.6 Å². The number of Topliss-reactive ketones (excluding diaryl/α,β-unsaturated/α-hetero) is 1. The van der Waals surface area contributed by atoms with Gasteiger partial charge in [0.15, 0.2) is 5.78 Å². The largest absolute Gasteiger partial charge is 0.458 e. The van der Waals surface area contributed by atoms with E-state index in [4.69, 9.17) is 4.74 Å². The number of esters is 1. The van der Waals surface area contributed by atoms with Gasteiger partial charge in [-0.25, -0.2) is 12.4 Å². The molecule has 1 aliphatic carbocycles. The van der Waals surface area contributed by atoms with Gasteiger partial charge in [-0.1, -0.05) is 35.9 Å². The van der Waals surface area contributed by atoms with Crippen LogP contribution >= 0.6 is 0 Å². The molecular formula is C24H23NO5S. The number of benzene rings is 2. The molecule has 1 saturated carbocycles. The third-order valence-corrected chi connectivity index (χ3v) is 8.22. The molecular weight excluding hydrogens is 414 g/mol. The van der Waals surface area contributed by atoms with E-state index in [0.29, 0.717) is 17.3 Å². The fourth-order valence-electron chi connectivity index (χ4n) is 4.86. The van der Waals surface area contributed by atoms with E-state index < -0.39 is 27.5 Å². The number of ketones is 1. The molecule has 0 unspecified atom stereocenters. The van der Waals surface area contributed by atoms with Gasteiger partial charge in [0.1, 0.15) is 11.5 Å². The van der Waals surface area contributed by atoms with E-state index in [0.717, 1.165) is 35.2 Å². The number of rotatable bonds is 4. The lowest BCUT2D eigenvalue weighted by atomic mass is 9.88. The van der Waals surface area contributed by atoms with Gasteiger partial charge in [0.05, 0.1) is 10.4 Å². The lowest BCUT2D eigenvalue weighted by Crippen LogP contribution is -2.23. The fraction of sp³-hybridized carbons (Fsp3) is 0.333. The summed E-state index contributed by atoms with van der Waals surface area (Å²) in [7, 11) is -3.91. The van der Waals surface area contributed by atoms with Crippen molar-refractivity contribution >= 4 is 32.7 Å². The van der Waals surface area contributed by atoms with Gasteiger partial charge in [-0.2, -0.15) is 0 Å². The Kier molecular flexibility index (Phi) is 4.55. The van der Waals surface area contributed by atoms with Gasteiger partial charge in [0.2, 0.25) is 0 Å². The van der Waals surface area contributed by atoms with Crippen molar-refractivity contribution in [3.05, 3.63) is 65.9 Å². The second kappa shape index (κ2) is 7.05. The molecule has 2 heterocycles. The average Bonchev–Trinajstić information content (AvgIpc) is 3.45. The number of hydrogen-bond acceptors (Lipinski definition) is 5. The Bertz CT molecular complexity index is 1300. The van der Waals surface area contributed by atoms with Gasteiger partial charge < -0.3 is 4.74 Å². The van der Waals surface area contributed by atoms with Crippen LogP contribution in [0.5, 0.6) is 0 Å². The molecule has 5 rings (SSSR count). The normalized spacial score (nSPS) is 20.4. The van der Waals surface area contributed by atoms with Crippen molar-refractivity contribution in [2.45, 2.75) is 49.5 Å². The summed E-state index contributed by atoms with van der Waals surface area (Å²) >= 11 is 0. The minimum absolute atomic E-state index is 0.142. The van der Waals surface area contributed by atoms with Gasteiger partial charge >= 0.3 is 5.97 Å². The number of ether oxygens (including phenoxy) is 1. The van der Waals surface area contributed by atoms with Crippen LogP contribution in [0.25, 0.3) is 10.9 Å². The molecule has 2 fully saturated rings. The van der Waals surface area contributed by atoms with E-state index in [1.165, 1.54) is 6.20 Å². The maximum atomic E-state index is 13.4. The molecule has 160 valence electrons. The molecule has 0 bridgehead atoms. The summed E-state index contributed by atoms with van der Waals surface area (Å²) in [5.41, 5.74) is 1.08. The minimum atomic E-state index is -3.91. The highest BCUT2D eigenvalue weighted by Crippen LogP contribution is 2.45. The van der Waals surface area contributed by atoms with Crippen molar-refractivity contribution in [3.63, 3.8) is 0 Å². The van der Waals surface area contributed by atoms with E-state index in [9.17, 15) is 18.0 Å². The Morgan fingerprint density at radius 3 is 2.45 bits per heavy atom. The molecule has 7 heteroatoms. The van der Waals surface area contributed by atoms with E-state index in [1.54, 1.807) is 48.5 Å². The third kappa shape index (κ3) is 3.19. The Hall–Kier alpha value is -2.93. The highest BCUT2D eigenvalue weighted by Gasteiger charge is 2.51. The third-order valence-electron chi connectivity index (χ3n) is 6.53. The number of carbonyl (C=O) groups excluding carboxylic acids is 2. The van der Waals surface area contributed by atoms with E-state index in [1.807, 2.05) is 6.92 Å². The van der Waals surface area contributed by atoms with Crippen LogP contribution in [0.1, 0.15) is 48.0 Å². The molecule has 1 spiro atoms. The molecule has 3 aromatic rings. The molecule has 0 N–H and O–H groups in total. The van der Waals surface area contributed by atoms with Crippen molar-refractivity contribution in [1.29, 1.82) is 0 Å². The summed E-state index contributed by atoms with van der Waals surface area (Å²) in [6.45, 7) is 1.88. The Morgan fingerprint density at radius 2 is 1.74 bits per heavy atom. The van der Waals surface area contributed by atoms with Crippen molar-refractivity contribution in [2.24, 2.45) is 5.92 Å². The Balaban J connectivity index is 1.59. The molecule has 2 aromatic carbocycles. The summed E-state index contributed by atoms with van der Waals surface area (Å²) in [6, 6.07) is 13.5.